The Morgan fingerprint density at radius 1 is 1.21 bits per heavy atom. The van der Waals surface area contributed by atoms with Crippen LogP contribution < -0.4 is 16.0 Å². The Labute approximate surface area is 197 Å². The molecule has 1 amide bonds. The highest BCUT2D eigenvalue weighted by atomic mass is 19.1. The molecule has 0 unspecified atom stereocenters. The van der Waals surface area contributed by atoms with E-state index in [4.69, 9.17) is 5.73 Å². The molecule has 3 aromatic heterocycles. The number of rotatable bonds is 4. The van der Waals surface area contributed by atoms with Gasteiger partial charge in [-0.3, -0.25) is 9.48 Å². The van der Waals surface area contributed by atoms with E-state index >= 15 is 0 Å². The number of hydrogen-bond acceptors (Lipinski definition) is 5. The van der Waals surface area contributed by atoms with Crippen LogP contribution in [0.3, 0.4) is 0 Å². The Hall–Kier alpha value is -3.46. The van der Waals surface area contributed by atoms with Crippen LogP contribution in [0.5, 0.6) is 0 Å². The first-order chi connectivity index (χ1) is 16.4. The number of nitrogens with zero attached hydrogens (tertiary/aromatic N) is 5. The van der Waals surface area contributed by atoms with Crippen LogP contribution in [0, 0.1) is 12.7 Å². The van der Waals surface area contributed by atoms with Crippen molar-refractivity contribution in [2.45, 2.75) is 52.1 Å². The molecule has 2 fully saturated rings. The van der Waals surface area contributed by atoms with Crippen molar-refractivity contribution in [1.29, 1.82) is 0 Å². The number of aromatic nitrogens is 4. The number of pyridine rings is 1. The zero-order valence-electron chi connectivity index (χ0n) is 19.6. The van der Waals surface area contributed by atoms with Gasteiger partial charge < -0.3 is 20.4 Å². The number of anilines is 2. The summed E-state index contributed by atoms with van der Waals surface area (Å²) in [5, 5.41) is 8.43. The third kappa shape index (κ3) is 4.48. The summed E-state index contributed by atoms with van der Waals surface area (Å²) in [6.07, 6.45) is 10.3. The lowest BCUT2D eigenvalue weighted by atomic mass is 10.1. The van der Waals surface area contributed by atoms with Crippen molar-refractivity contribution < 1.29 is 9.18 Å². The molecule has 1 aromatic carbocycles. The lowest BCUT2D eigenvalue weighted by molar-refractivity contribution is 0.102. The largest absolute Gasteiger partial charge is 0.371 e. The van der Waals surface area contributed by atoms with Crippen molar-refractivity contribution >= 4 is 33.8 Å². The van der Waals surface area contributed by atoms with Gasteiger partial charge in [0.2, 0.25) is 0 Å². The molecular weight excluding hydrogens is 433 g/mol. The number of carbonyl (C=O) groups excluding carboxylic acids is 1. The molecule has 3 N–H and O–H groups in total. The molecule has 178 valence electrons. The van der Waals surface area contributed by atoms with Crippen molar-refractivity contribution in [3.63, 3.8) is 0 Å². The molecule has 1 aliphatic heterocycles. The smallest absolute Gasteiger partial charge is 0.257 e. The standard InChI is InChI=1S/C22H23FN6O.C3H7N/c1-3-29-13-17-19(27-8-4-5-9-27)7-6-16(20(17)26-29)22(30)25-15-10-18(23)21-24-14(2)11-28(21)12-15;4-3-1-2-3/h6-7,10-13H,3-5,8-9H2,1-2H3,(H,25,30);3H,1-2,4H2. The van der Waals surface area contributed by atoms with E-state index in [0.717, 1.165) is 30.7 Å². The van der Waals surface area contributed by atoms with Gasteiger partial charge in [0.25, 0.3) is 5.91 Å². The summed E-state index contributed by atoms with van der Waals surface area (Å²) in [5.74, 6) is -0.796. The summed E-state index contributed by atoms with van der Waals surface area (Å²) in [5.41, 5.74) is 8.79. The first-order valence-corrected chi connectivity index (χ1v) is 11.9. The van der Waals surface area contributed by atoms with Crippen molar-refractivity contribution in [3.8, 4) is 0 Å². The topological polar surface area (TPSA) is 93.5 Å². The van der Waals surface area contributed by atoms with Crippen LogP contribution in [0.15, 0.2) is 36.8 Å². The van der Waals surface area contributed by atoms with Crippen LogP contribution in [0.4, 0.5) is 15.8 Å². The molecule has 34 heavy (non-hydrogen) atoms. The van der Waals surface area contributed by atoms with Crippen LogP contribution in [-0.2, 0) is 6.54 Å². The number of fused-ring (bicyclic) bond motifs is 2. The molecule has 0 bridgehead atoms. The molecule has 0 radical (unpaired) electrons. The van der Waals surface area contributed by atoms with Crippen LogP contribution in [-0.4, -0.2) is 44.2 Å². The van der Waals surface area contributed by atoms with Gasteiger partial charge in [0.15, 0.2) is 11.5 Å². The second-order valence-electron chi connectivity index (χ2n) is 9.05. The summed E-state index contributed by atoms with van der Waals surface area (Å²) in [6, 6.07) is 5.68. The quantitative estimate of drug-likeness (QED) is 0.475. The fraction of sp³-hybridized carbons (Fsp3) is 0.400. The highest BCUT2D eigenvalue weighted by Gasteiger charge is 2.21. The average molecular weight is 464 g/mol. The first kappa shape index (κ1) is 22.3. The summed E-state index contributed by atoms with van der Waals surface area (Å²) in [7, 11) is 0. The van der Waals surface area contributed by atoms with Crippen LogP contribution in [0.25, 0.3) is 16.6 Å². The minimum absolute atomic E-state index is 0.240. The number of amides is 1. The van der Waals surface area contributed by atoms with Gasteiger partial charge >= 0.3 is 0 Å². The molecule has 2 aliphatic rings. The van der Waals surface area contributed by atoms with E-state index < -0.39 is 5.82 Å². The van der Waals surface area contributed by atoms with Crippen LogP contribution >= 0.6 is 0 Å². The van der Waals surface area contributed by atoms with Crippen LogP contribution in [0.1, 0.15) is 48.7 Å². The Morgan fingerprint density at radius 3 is 2.62 bits per heavy atom. The maximum atomic E-state index is 14.4. The molecule has 1 saturated carbocycles. The van der Waals surface area contributed by atoms with E-state index in [2.05, 4.69) is 20.3 Å². The Kier molecular flexibility index (Phi) is 5.95. The van der Waals surface area contributed by atoms with Gasteiger partial charge in [-0.2, -0.15) is 5.10 Å². The molecule has 4 aromatic rings. The van der Waals surface area contributed by atoms with Crippen molar-refractivity contribution in [1.82, 2.24) is 19.2 Å². The Bertz CT molecular complexity index is 1350. The number of benzene rings is 1. The second-order valence-corrected chi connectivity index (χ2v) is 9.05. The summed E-state index contributed by atoms with van der Waals surface area (Å²) in [6.45, 7) is 6.57. The lowest BCUT2D eigenvalue weighted by Crippen LogP contribution is -2.19. The van der Waals surface area contributed by atoms with Gasteiger partial charge in [-0.05, 0) is 51.7 Å². The van der Waals surface area contributed by atoms with E-state index in [1.807, 2.05) is 29.9 Å². The zero-order valence-corrected chi connectivity index (χ0v) is 19.6. The van der Waals surface area contributed by atoms with E-state index in [0.29, 0.717) is 28.5 Å². The normalized spacial score (nSPS) is 15.6. The van der Waals surface area contributed by atoms with E-state index in [1.54, 1.807) is 23.7 Å². The van der Waals surface area contributed by atoms with Crippen molar-refractivity contribution in [2.75, 3.05) is 23.3 Å². The molecule has 8 nitrogen and oxygen atoms in total. The van der Waals surface area contributed by atoms with E-state index in [9.17, 15) is 9.18 Å². The summed E-state index contributed by atoms with van der Waals surface area (Å²) in [4.78, 5) is 19.6. The minimum atomic E-state index is -0.481. The highest BCUT2D eigenvalue weighted by Crippen LogP contribution is 2.31. The van der Waals surface area contributed by atoms with Gasteiger partial charge in [0.1, 0.15) is 5.52 Å². The highest BCUT2D eigenvalue weighted by molar-refractivity contribution is 6.13. The maximum Gasteiger partial charge on any atom is 0.257 e. The number of aryl methyl sites for hydroxylation is 2. The molecular formula is C25H30FN7O. The molecule has 4 heterocycles. The first-order valence-electron chi connectivity index (χ1n) is 11.9. The fourth-order valence-corrected chi connectivity index (χ4v) is 4.26. The van der Waals surface area contributed by atoms with E-state index in [1.165, 1.54) is 31.7 Å². The van der Waals surface area contributed by atoms with Gasteiger partial charge in [0.05, 0.1) is 16.9 Å². The number of halogens is 1. The number of carbonyl (C=O) groups is 1. The number of hydrogen-bond donors (Lipinski definition) is 2. The Morgan fingerprint density at radius 2 is 1.94 bits per heavy atom. The maximum absolute atomic E-state index is 14.4. The predicted molar refractivity (Wildman–Crippen MR) is 132 cm³/mol. The number of nitrogens with one attached hydrogen (secondary N) is 1. The second kappa shape index (κ2) is 9.06. The molecule has 0 atom stereocenters. The molecule has 0 spiro atoms. The third-order valence-electron chi connectivity index (χ3n) is 6.22. The van der Waals surface area contributed by atoms with Gasteiger partial charge in [-0.25, -0.2) is 9.37 Å². The molecule has 6 rings (SSSR count). The minimum Gasteiger partial charge on any atom is -0.371 e. The Balaban J connectivity index is 0.000000547. The number of imidazole rings is 1. The van der Waals surface area contributed by atoms with Gasteiger partial charge in [0, 0.05) is 61.4 Å². The van der Waals surface area contributed by atoms with Gasteiger partial charge in [-0.1, -0.05) is 0 Å². The molecule has 9 heteroatoms. The zero-order chi connectivity index (χ0) is 23.8. The third-order valence-corrected chi connectivity index (χ3v) is 6.22. The monoisotopic (exact) mass is 463 g/mol. The van der Waals surface area contributed by atoms with Crippen molar-refractivity contribution in [3.05, 3.63) is 53.9 Å². The van der Waals surface area contributed by atoms with E-state index in [-0.39, 0.29) is 11.6 Å². The molecule has 1 aliphatic carbocycles. The summed E-state index contributed by atoms with van der Waals surface area (Å²) >= 11 is 0. The fourth-order valence-electron chi connectivity index (χ4n) is 4.26. The lowest BCUT2D eigenvalue weighted by Gasteiger charge is -2.19. The predicted octanol–water partition coefficient (Wildman–Crippen LogP) is 4.11. The van der Waals surface area contributed by atoms with Crippen LogP contribution in [0.2, 0.25) is 0 Å². The average Bonchev–Trinajstić information content (AvgIpc) is 3.23. The molecule has 1 saturated heterocycles. The SMILES string of the molecule is CCn1cc2c(N3CCCC3)ccc(C(=O)Nc3cc(F)c4nc(C)cn4c3)c2n1.NC1CC1. The van der Waals surface area contributed by atoms with Gasteiger partial charge in [-0.15, -0.1) is 0 Å². The summed E-state index contributed by atoms with van der Waals surface area (Å²) < 4.78 is 17.8. The number of nitrogens with two attached hydrogens (primary N) is 1. The van der Waals surface area contributed by atoms with Crippen molar-refractivity contribution in [2.24, 2.45) is 5.73 Å².